The Kier molecular flexibility index (Phi) is 5.66. The fourth-order valence-electron chi connectivity index (χ4n) is 9.38. The van der Waals surface area contributed by atoms with Crippen LogP contribution in [-0.2, 0) is 9.59 Å². The number of fused-ring (bicyclic) bond motifs is 5. The zero-order valence-corrected chi connectivity index (χ0v) is 20.2. The van der Waals surface area contributed by atoms with Gasteiger partial charge in [-0.2, -0.15) is 0 Å². The van der Waals surface area contributed by atoms with Crippen LogP contribution in [0.1, 0.15) is 85.0 Å². The van der Waals surface area contributed by atoms with Crippen molar-refractivity contribution >= 4 is 22.7 Å². The summed E-state index contributed by atoms with van der Waals surface area (Å²) in [6.07, 6.45) is 9.06. The summed E-state index contributed by atoms with van der Waals surface area (Å²) in [5, 5.41) is 21.5. The SMILES string of the molecule is C[C@H](CC1SC(=O)CC1=O)C1CCC2C3C(O)C[C@@H]4C[C@H](O)CC[C@]4(C)C3CC[C@@]21C. The third-order valence-electron chi connectivity index (χ3n) is 11.0. The number of aliphatic hydroxyl groups is 2. The first-order valence-corrected chi connectivity index (χ1v) is 13.6. The lowest BCUT2D eigenvalue weighted by atomic mass is 9.43. The third kappa shape index (κ3) is 3.47. The molecule has 4 nitrogen and oxygen atoms in total. The van der Waals surface area contributed by atoms with Gasteiger partial charge < -0.3 is 10.2 Å². The molecule has 5 fully saturated rings. The smallest absolute Gasteiger partial charge is 0.197 e. The van der Waals surface area contributed by atoms with Crippen molar-refractivity contribution in [1.82, 2.24) is 0 Å². The molecule has 5 rings (SSSR count). The highest BCUT2D eigenvalue weighted by molar-refractivity contribution is 8.15. The maximum atomic E-state index is 12.2. The first kappa shape index (κ1) is 22.4. The molecule has 4 aliphatic carbocycles. The van der Waals surface area contributed by atoms with Crippen molar-refractivity contribution < 1.29 is 19.8 Å². The minimum Gasteiger partial charge on any atom is -0.393 e. The van der Waals surface area contributed by atoms with Crippen molar-refractivity contribution in [2.75, 3.05) is 0 Å². The second-order valence-electron chi connectivity index (χ2n) is 12.3. The Morgan fingerprint density at radius 1 is 1.00 bits per heavy atom. The summed E-state index contributed by atoms with van der Waals surface area (Å²) in [7, 11) is 0. The van der Waals surface area contributed by atoms with E-state index in [1.54, 1.807) is 0 Å². The minimum atomic E-state index is -0.239. The Labute approximate surface area is 191 Å². The van der Waals surface area contributed by atoms with E-state index >= 15 is 0 Å². The molecule has 1 aliphatic heterocycles. The normalized spacial score (nSPS) is 53.1. The molecule has 31 heavy (non-hydrogen) atoms. The number of ketones is 1. The molecule has 2 N–H and O–H groups in total. The van der Waals surface area contributed by atoms with Crippen LogP contribution in [0, 0.1) is 46.3 Å². The lowest BCUT2D eigenvalue weighted by molar-refractivity contribution is -0.174. The zero-order valence-electron chi connectivity index (χ0n) is 19.4. The third-order valence-corrected chi connectivity index (χ3v) is 12.1. The molecule has 0 aromatic rings. The Hall–Kier alpha value is -0.390. The number of thioether (sulfide) groups is 1. The standard InChI is InChI=1S/C26H40O4S/c1-14(10-22-20(28)13-23(30)31-22)17-4-5-18-24-19(7-9-26(17,18)3)25(2)8-6-16(27)11-15(25)12-21(24)29/h14-19,21-22,24,27,29H,4-13H2,1-3H3/t14-,15+,16-,17?,18?,19?,21?,22?,24?,25+,26-/m1/s1. The van der Waals surface area contributed by atoms with Gasteiger partial charge in [0.15, 0.2) is 10.9 Å². The Morgan fingerprint density at radius 2 is 1.71 bits per heavy atom. The van der Waals surface area contributed by atoms with E-state index in [0.717, 1.165) is 32.1 Å². The van der Waals surface area contributed by atoms with Crippen LogP contribution in [0.25, 0.3) is 0 Å². The molecule has 5 heteroatoms. The van der Waals surface area contributed by atoms with Gasteiger partial charge in [-0.3, -0.25) is 9.59 Å². The van der Waals surface area contributed by atoms with Crippen molar-refractivity contribution in [3.8, 4) is 0 Å². The lowest BCUT2D eigenvalue weighted by Crippen LogP contribution is -2.58. The van der Waals surface area contributed by atoms with Gasteiger partial charge in [0.25, 0.3) is 0 Å². The second kappa shape index (κ2) is 7.84. The van der Waals surface area contributed by atoms with Crippen LogP contribution in [0.2, 0.25) is 0 Å². The summed E-state index contributed by atoms with van der Waals surface area (Å²) in [5.41, 5.74) is 0.497. The van der Waals surface area contributed by atoms with Crippen molar-refractivity contribution in [3.63, 3.8) is 0 Å². The van der Waals surface area contributed by atoms with Gasteiger partial charge in [0, 0.05) is 0 Å². The molecule has 0 spiro atoms. The molecule has 1 saturated heterocycles. The first-order valence-electron chi connectivity index (χ1n) is 12.7. The summed E-state index contributed by atoms with van der Waals surface area (Å²) >= 11 is 1.27. The van der Waals surface area contributed by atoms with Gasteiger partial charge in [0.05, 0.1) is 23.9 Å². The average molecular weight is 449 g/mol. The van der Waals surface area contributed by atoms with Crippen LogP contribution >= 0.6 is 11.8 Å². The number of hydrogen-bond donors (Lipinski definition) is 2. The first-order chi connectivity index (χ1) is 14.6. The van der Waals surface area contributed by atoms with Gasteiger partial charge in [0.2, 0.25) is 0 Å². The molecule has 11 atom stereocenters. The molecule has 0 aromatic carbocycles. The van der Waals surface area contributed by atoms with Crippen molar-refractivity contribution in [2.45, 2.75) is 102 Å². The van der Waals surface area contributed by atoms with Crippen LogP contribution in [0.3, 0.4) is 0 Å². The molecule has 174 valence electrons. The van der Waals surface area contributed by atoms with Gasteiger partial charge in [-0.05, 0) is 104 Å². The highest BCUT2D eigenvalue weighted by Gasteiger charge is 2.63. The lowest BCUT2D eigenvalue weighted by Gasteiger charge is -2.62. The van der Waals surface area contributed by atoms with E-state index in [9.17, 15) is 19.8 Å². The average Bonchev–Trinajstić information content (AvgIpc) is 3.21. The van der Waals surface area contributed by atoms with Crippen LogP contribution in [0.15, 0.2) is 0 Å². The second-order valence-corrected chi connectivity index (χ2v) is 13.5. The number of Topliss-reactive ketones (excluding diaryl/α,β-unsaturated/α-hetero) is 1. The van der Waals surface area contributed by atoms with E-state index in [1.165, 1.54) is 37.4 Å². The highest BCUT2D eigenvalue weighted by atomic mass is 32.2. The van der Waals surface area contributed by atoms with Gasteiger partial charge in [-0.15, -0.1) is 0 Å². The summed E-state index contributed by atoms with van der Waals surface area (Å²) in [5.74, 6) is 3.12. The van der Waals surface area contributed by atoms with Gasteiger partial charge in [-0.25, -0.2) is 0 Å². The maximum Gasteiger partial charge on any atom is 0.197 e. The van der Waals surface area contributed by atoms with Crippen LogP contribution < -0.4 is 0 Å². The van der Waals surface area contributed by atoms with Gasteiger partial charge in [0.1, 0.15) is 0 Å². The van der Waals surface area contributed by atoms with E-state index in [4.69, 9.17) is 0 Å². The number of aliphatic hydroxyl groups excluding tert-OH is 2. The van der Waals surface area contributed by atoms with Gasteiger partial charge >= 0.3 is 0 Å². The Bertz CT molecular complexity index is 754. The predicted molar refractivity (Wildman–Crippen MR) is 122 cm³/mol. The molecular formula is C26H40O4S. The fraction of sp³-hybridized carbons (Fsp3) is 0.923. The quantitative estimate of drug-likeness (QED) is 0.617. The van der Waals surface area contributed by atoms with E-state index < -0.39 is 0 Å². The van der Waals surface area contributed by atoms with E-state index in [-0.39, 0.29) is 45.6 Å². The summed E-state index contributed by atoms with van der Waals surface area (Å²) in [6, 6.07) is 0. The number of hydrogen-bond acceptors (Lipinski definition) is 5. The number of carbonyl (C=O) groups excluding carboxylic acids is 2. The molecule has 0 bridgehead atoms. The number of rotatable bonds is 3. The molecule has 0 aromatic heterocycles. The minimum absolute atomic E-state index is 0.0453. The van der Waals surface area contributed by atoms with E-state index in [1.807, 2.05) is 0 Å². The summed E-state index contributed by atoms with van der Waals surface area (Å²) in [4.78, 5) is 23.9. The van der Waals surface area contributed by atoms with E-state index in [0.29, 0.717) is 35.5 Å². The van der Waals surface area contributed by atoms with Crippen molar-refractivity contribution in [3.05, 3.63) is 0 Å². The zero-order chi connectivity index (χ0) is 22.1. The molecule has 0 amide bonds. The molecule has 5 aliphatic rings. The summed E-state index contributed by atoms with van der Waals surface area (Å²) in [6.45, 7) is 7.24. The molecule has 6 unspecified atom stereocenters. The van der Waals surface area contributed by atoms with Crippen molar-refractivity contribution in [2.24, 2.45) is 46.3 Å². The Balaban J connectivity index is 1.35. The Morgan fingerprint density at radius 3 is 2.42 bits per heavy atom. The van der Waals surface area contributed by atoms with Crippen LogP contribution in [0.5, 0.6) is 0 Å². The molecule has 4 saturated carbocycles. The van der Waals surface area contributed by atoms with E-state index in [2.05, 4.69) is 20.8 Å². The van der Waals surface area contributed by atoms with Crippen LogP contribution in [0.4, 0.5) is 0 Å². The van der Waals surface area contributed by atoms with Gasteiger partial charge in [-0.1, -0.05) is 32.5 Å². The van der Waals surface area contributed by atoms with Crippen LogP contribution in [-0.4, -0.2) is 38.6 Å². The largest absolute Gasteiger partial charge is 0.393 e. The maximum absolute atomic E-state index is 12.2. The predicted octanol–water partition coefficient (Wildman–Crippen LogP) is 4.60. The molecule has 1 heterocycles. The fourth-order valence-corrected chi connectivity index (χ4v) is 10.5. The topological polar surface area (TPSA) is 74.6 Å². The van der Waals surface area contributed by atoms with Crippen molar-refractivity contribution in [1.29, 1.82) is 0 Å². The summed E-state index contributed by atoms with van der Waals surface area (Å²) < 4.78 is 0. The molecule has 0 radical (unpaired) electrons. The highest BCUT2D eigenvalue weighted by Crippen LogP contribution is 2.68. The monoisotopic (exact) mass is 448 g/mol. The number of carbonyl (C=O) groups is 2. The molecular weight excluding hydrogens is 408 g/mol.